The van der Waals surface area contributed by atoms with Crippen molar-refractivity contribution in [2.24, 2.45) is 0 Å². The zero-order chi connectivity index (χ0) is 14.0. The van der Waals surface area contributed by atoms with Crippen molar-refractivity contribution in [2.75, 3.05) is 7.11 Å². The molecule has 0 saturated heterocycles. The first-order chi connectivity index (χ1) is 9.04. The van der Waals surface area contributed by atoms with Crippen molar-refractivity contribution < 1.29 is 19.7 Å². The van der Waals surface area contributed by atoms with E-state index in [2.05, 4.69) is 0 Å². The average molecular weight is 279 g/mol. The Morgan fingerprint density at radius 3 is 2.58 bits per heavy atom. The van der Waals surface area contributed by atoms with Crippen LogP contribution in [0.15, 0.2) is 36.4 Å². The average Bonchev–Trinajstić information content (AvgIpc) is 2.37. The molecule has 0 heterocycles. The van der Waals surface area contributed by atoms with Gasteiger partial charge in [-0.05, 0) is 29.8 Å². The van der Waals surface area contributed by atoms with Crippen LogP contribution in [0.5, 0.6) is 11.5 Å². The number of carboxylic acids is 1. The standard InChI is InChI=1S/C14H11ClO4/c1-19-13-10(8-3-2-4-9(15)7-8)5-6-11(16)12(13)14(17)18/h2-7,16H,1H3,(H,17,18). The molecule has 0 aliphatic rings. The van der Waals surface area contributed by atoms with Gasteiger partial charge in [0.1, 0.15) is 17.1 Å². The number of phenols is 1. The van der Waals surface area contributed by atoms with Crippen LogP contribution in [0.2, 0.25) is 5.02 Å². The first-order valence-electron chi connectivity index (χ1n) is 5.43. The molecule has 0 unspecified atom stereocenters. The summed E-state index contributed by atoms with van der Waals surface area (Å²) in [5, 5.41) is 19.3. The van der Waals surface area contributed by atoms with E-state index in [9.17, 15) is 9.90 Å². The van der Waals surface area contributed by atoms with Crippen LogP contribution >= 0.6 is 11.6 Å². The number of halogens is 1. The first kappa shape index (κ1) is 13.2. The summed E-state index contributed by atoms with van der Waals surface area (Å²) in [4.78, 5) is 11.2. The van der Waals surface area contributed by atoms with Crippen LogP contribution in [0.1, 0.15) is 10.4 Å². The van der Waals surface area contributed by atoms with Crippen molar-refractivity contribution in [3.05, 3.63) is 47.0 Å². The molecule has 19 heavy (non-hydrogen) atoms. The van der Waals surface area contributed by atoms with Gasteiger partial charge >= 0.3 is 5.97 Å². The summed E-state index contributed by atoms with van der Waals surface area (Å²) in [6.07, 6.45) is 0. The summed E-state index contributed by atoms with van der Waals surface area (Å²) in [6.45, 7) is 0. The lowest BCUT2D eigenvalue weighted by Crippen LogP contribution is -2.02. The Labute approximate surface area is 114 Å². The third-order valence-electron chi connectivity index (χ3n) is 2.69. The van der Waals surface area contributed by atoms with Crippen LogP contribution in [0.4, 0.5) is 0 Å². The predicted octanol–water partition coefficient (Wildman–Crippen LogP) is 3.42. The minimum absolute atomic E-state index is 0.106. The predicted molar refractivity (Wildman–Crippen MR) is 72.1 cm³/mol. The molecule has 5 heteroatoms. The van der Waals surface area contributed by atoms with Gasteiger partial charge in [0.05, 0.1) is 7.11 Å². The summed E-state index contributed by atoms with van der Waals surface area (Å²) in [5.74, 6) is -1.48. The van der Waals surface area contributed by atoms with E-state index >= 15 is 0 Å². The maximum Gasteiger partial charge on any atom is 0.343 e. The molecule has 2 aromatic carbocycles. The Balaban J connectivity index is 2.71. The van der Waals surface area contributed by atoms with Gasteiger partial charge in [0.2, 0.25) is 0 Å². The van der Waals surface area contributed by atoms with Gasteiger partial charge in [-0.2, -0.15) is 0 Å². The number of ether oxygens (including phenoxy) is 1. The lowest BCUT2D eigenvalue weighted by Gasteiger charge is -2.13. The molecule has 0 atom stereocenters. The first-order valence-corrected chi connectivity index (χ1v) is 5.81. The molecule has 2 rings (SSSR count). The summed E-state index contributed by atoms with van der Waals surface area (Å²) < 4.78 is 5.13. The molecule has 0 amide bonds. The van der Waals surface area contributed by atoms with E-state index in [0.29, 0.717) is 16.1 Å². The summed E-state index contributed by atoms with van der Waals surface area (Å²) >= 11 is 5.92. The SMILES string of the molecule is COc1c(-c2cccc(Cl)c2)ccc(O)c1C(=O)O. The smallest absolute Gasteiger partial charge is 0.343 e. The van der Waals surface area contributed by atoms with E-state index in [1.807, 2.05) is 0 Å². The van der Waals surface area contributed by atoms with Crippen molar-refractivity contribution in [3.63, 3.8) is 0 Å². The van der Waals surface area contributed by atoms with Gasteiger partial charge < -0.3 is 14.9 Å². The van der Waals surface area contributed by atoms with Crippen LogP contribution in [0, 0.1) is 0 Å². The minimum Gasteiger partial charge on any atom is -0.507 e. The second-order valence-corrected chi connectivity index (χ2v) is 4.29. The quantitative estimate of drug-likeness (QED) is 0.903. The Morgan fingerprint density at radius 2 is 2.00 bits per heavy atom. The fraction of sp³-hybridized carbons (Fsp3) is 0.0714. The van der Waals surface area contributed by atoms with Crippen LogP contribution in [-0.4, -0.2) is 23.3 Å². The number of rotatable bonds is 3. The Morgan fingerprint density at radius 1 is 1.26 bits per heavy atom. The second kappa shape index (κ2) is 5.20. The number of methoxy groups -OCH3 is 1. The van der Waals surface area contributed by atoms with E-state index in [1.165, 1.54) is 13.2 Å². The molecule has 0 aromatic heterocycles. The number of carboxylic acid groups (broad SMARTS) is 1. The Hall–Kier alpha value is -2.20. The fourth-order valence-electron chi connectivity index (χ4n) is 1.87. The zero-order valence-electron chi connectivity index (χ0n) is 10.1. The highest BCUT2D eigenvalue weighted by Gasteiger charge is 2.20. The summed E-state index contributed by atoms with van der Waals surface area (Å²) in [5.41, 5.74) is 1.01. The molecule has 0 bridgehead atoms. The molecule has 0 fully saturated rings. The van der Waals surface area contributed by atoms with Crippen molar-refractivity contribution in [2.45, 2.75) is 0 Å². The van der Waals surface area contributed by atoms with Crippen LogP contribution < -0.4 is 4.74 Å². The normalized spacial score (nSPS) is 10.2. The van der Waals surface area contributed by atoms with E-state index in [-0.39, 0.29) is 17.1 Å². The molecule has 0 spiro atoms. The number of benzene rings is 2. The summed E-state index contributed by atoms with van der Waals surface area (Å²) in [6, 6.07) is 9.86. The molecular weight excluding hydrogens is 268 g/mol. The number of hydrogen-bond acceptors (Lipinski definition) is 3. The van der Waals surface area contributed by atoms with Crippen LogP contribution in [0.25, 0.3) is 11.1 Å². The number of aromatic hydroxyl groups is 1. The second-order valence-electron chi connectivity index (χ2n) is 3.86. The van der Waals surface area contributed by atoms with E-state index in [4.69, 9.17) is 21.4 Å². The Kier molecular flexibility index (Phi) is 3.62. The van der Waals surface area contributed by atoms with Gasteiger partial charge in [0.15, 0.2) is 0 Å². The maximum absolute atomic E-state index is 11.2. The van der Waals surface area contributed by atoms with E-state index in [0.717, 1.165) is 0 Å². The van der Waals surface area contributed by atoms with Gasteiger partial charge in [0, 0.05) is 10.6 Å². The van der Waals surface area contributed by atoms with Crippen LogP contribution in [-0.2, 0) is 0 Å². The number of carbonyl (C=O) groups is 1. The number of hydrogen-bond donors (Lipinski definition) is 2. The molecule has 0 saturated carbocycles. The molecule has 2 aromatic rings. The Bertz CT molecular complexity index is 637. The van der Waals surface area contributed by atoms with Gasteiger partial charge in [-0.1, -0.05) is 23.7 Å². The fourth-order valence-corrected chi connectivity index (χ4v) is 2.06. The van der Waals surface area contributed by atoms with Crippen molar-refractivity contribution in [3.8, 4) is 22.6 Å². The third-order valence-corrected chi connectivity index (χ3v) is 2.92. The lowest BCUT2D eigenvalue weighted by atomic mass is 10.0. The molecule has 98 valence electrons. The van der Waals surface area contributed by atoms with Gasteiger partial charge in [0.25, 0.3) is 0 Å². The largest absolute Gasteiger partial charge is 0.507 e. The topological polar surface area (TPSA) is 66.8 Å². The highest BCUT2D eigenvalue weighted by molar-refractivity contribution is 6.30. The number of aromatic carboxylic acids is 1. The summed E-state index contributed by atoms with van der Waals surface area (Å²) in [7, 11) is 1.36. The molecule has 0 radical (unpaired) electrons. The monoisotopic (exact) mass is 278 g/mol. The molecular formula is C14H11ClO4. The molecule has 0 aliphatic carbocycles. The molecule has 4 nitrogen and oxygen atoms in total. The minimum atomic E-state index is -1.25. The van der Waals surface area contributed by atoms with Crippen molar-refractivity contribution in [1.82, 2.24) is 0 Å². The van der Waals surface area contributed by atoms with Crippen LogP contribution in [0.3, 0.4) is 0 Å². The molecule has 0 aliphatic heterocycles. The highest BCUT2D eigenvalue weighted by Crippen LogP contribution is 2.38. The van der Waals surface area contributed by atoms with Gasteiger partial charge in [-0.25, -0.2) is 4.79 Å². The van der Waals surface area contributed by atoms with Crippen molar-refractivity contribution in [1.29, 1.82) is 0 Å². The van der Waals surface area contributed by atoms with Gasteiger partial charge in [-0.15, -0.1) is 0 Å². The zero-order valence-corrected chi connectivity index (χ0v) is 10.8. The third kappa shape index (κ3) is 2.48. The lowest BCUT2D eigenvalue weighted by molar-refractivity contribution is 0.0690. The molecule has 2 N–H and O–H groups in total. The van der Waals surface area contributed by atoms with Gasteiger partial charge in [-0.3, -0.25) is 0 Å². The van der Waals surface area contributed by atoms with E-state index in [1.54, 1.807) is 30.3 Å². The van der Waals surface area contributed by atoms with E-state index < -0.39 is 5.97 Å². The maximum atomic E-state index is 11.2. The van der Waals surface area contributed by atoms with Crippen molar-refractivity contribution >= 4 is 17.6 Å². The highest BCUT2D eigenvalue weighted by atomic mass is 35.5.